The molecule has 1 aromatic heterocycles. The average Bonchev–Trinajstić information content (AvgIpc) is 2.67. The van der Waals surface area contributed by atoms with Crippen molar-refractivity contribution in [1.82, 2.24) is 9.88 Å². The van der Waals surface area contributed by atoms with Crippen LogP contribution in [0.1, 0.15) is 20.7 Å². The number of carbonyl (C=O) groups is 2. The van der Waals surface area contributed by atoms with Gasteiger partial charge in [-0.15, -0.1) is 0 Å². The van der Waals surface area contributed by atoms with E-state index in [1.165, 1.54) is 18.2 Å². The first kappa shape index (κ1) is 13.2. The lowest BCUT2D eigenvalue weighted by molar-refractivity contribution is 0.0880. The Morgan fingerprint density at radius 2 is 1.86 bits per heavy atom. The Morgan fingerprint density at radius 3 is 2.52 bits per heavy atom. The van der Waals surface area contributed by atoms with Gasteiger partial charge in [0.1, 0.15) is 11.6 Å². The lowest BCUT2D eigenvalue weighted by atomic mass is 10.1. The summed E-state index contributed by atoms with van der Waals surface area (Å²) in [6.07, 6.45) is 0. The number of hydrogen-bond donors (Lipinski definition) is 3. The number of aromatic hydroxyl groups is 1. The number of nitrogens with zero attached hydrogens (tertiary/aromatic N) is 1. The van der Waals surface area contributed by atoms with E-state index in [9.17, 15) is 19.5 Å². The number of halogens is 1. The lowest BCUT2D eigenvalue weighted by Crippen LogP contribution is -2.24. The first-order valence-electron chi connectivity index (χ1n) is 5.80. The third-order valence-electron chi connectivity index (χ3n) is 3.13. The number of benzene rings is 1. The number of anilines is 1. The van der Waals surface area contributed by atoms with Crippen LogP contribution in [-0.2, 0) is 0 Å². The standard InChI is InChI=1S/C13H8ClN3O4/c14-5-1-2-7(8(18)3-5)17-9(19)4-6-10(11(17)15)13(21)16-12(6)20/h1-4,18H,15H2,(H,16,20,21). The summed E-state index contributed by atoms with van der Waals surface area (Å²) < 4.78 is 0.947. The quantitative estimate of drug-likeness (QED) is 0.670. The van der Waals surface area contributed by atoms with Crippen LogP contribution in [0.2, 0.25) is 5.02 Å². The van der Waals surface area contributed by atoms with E-state index in [4.69, 9.17) is 17.3 Å². The summed E-state index contributed by atoms with van der Waals surface area (Å²) in [5.74, 6) is -1.86. The van der Waals surface area contributed by atoms with E-state index >= 15 is 0 Å². The van der Waals surface area contributed by atoms with E-state index in [1.54, 1.807) is 0 Å². The highest BCUT2D eigenvalue weighted by Gasteiger charge is 2.32. The van der Waals surface area contributed by atoms with Crippen molar-refractivity contribution in [3.63, 3.8) is 0 Å². The minimum atomic E-state index is -0.685. The smallest absolute Gasteiger partial charge is 0.262 e. The molecule has 21 heavy (non-hydrogen) atoms. The fourth-order valence-electron chi connectivity index (χ4n) is 2.21. The number of rotatable bonds is 1. The number of phenolic OH excluding ortho intramolecular Hbond substituents is 1. The normalized spacial score (nSPS) is 13.2. The monoisotopic (exact) mass is 305 g/mol. The van der Waals surface area contributed by atoms with Gasteiger partial charge < -0.3 is 10.8 Å². The van der Waals surface area contributed by atoms with Gasteiger partial charge in [-0.25, -0.2) is 0 Å². The second-order valence-electron chi connectivity index (χ2n) is 4.41. The number of hydrogen-bond acceptors (Lipinski definition) is 5. The van der Waals surface area contributed by atoms with Gasteiger partial charge in [-0.2, -0.15) is 0 Å². The van der Waals surface area contributed by atoms with Crippen molar-refractivity contribution in [3.8, 4) is 11.4 Å². The fourth-order valence-corrected chi connectivity index (χ4v) is 2.38. The number of nitrogens with two attached hydrogens (primary N) is 1. The van der Waals surface area contributed by atoms with Crippen molar-refractivity contribution in [2.24, 2.45) is 0 Å². The molecule has 0 unspecified atom stereocenters. The summed E-state index contributed by atoms with van der Waals surface area (Å²) in [6.45, 7) is 0. The van der Waals surface area contributed by atoms with E-state index in [0.717, 1.165) is 10.6 Å². The first-order chi connectivity index (χ1) is 9.90. The van der Waals surface area contributed by atoms with Crippen LogP contribution >= 0.6 is 11.6 Å². The summed E-state index contributed by atoms with van der Waals surface area (Å²) in [5.41, 5.74) is 5.09. The number of fused-ring (bicyclic) bond motifs is 1. The Bertz CT molecular complexity index is 872. The predicted octanol–water partition coefficient (Wildman–Crippen LogP) is 0.662. The molecule has 0 aliphatic carbocycles. The van der Waals surface area contributed by atoms with Crippen LogP contribution in [0.25, 0.3) is 5.69 Å². The maximum Gasteiger partial charge on any atom is 0.262 e. The highest BCUT2D eigenvalue weighted by molar-refractivity contribution is 6.30. The van der Waals surface area contributed by atoms with Crippen molar-refractivity contribution >= 4 is 29.2 Å². The van der Waals surface area contributed by atoms with Gasteiger partial charge in [0.05, 0.1) is 16.8 Å². The molecule has 0 spiro atoms. The summed E-state index contributed by atoms with van der Waals surface area (Å²) in [4.78, 5) is 35.4. The molecule has 0 atom stereocenters. The first-order valence-corrected chi connectivity index (χ1v) is 6.18. The molecule has 2 heterocycles. The Balaban J connectivity index is 2.35. The summed E-state index contributed by atoms with van der Waals surface area (Å²) in [6, 6.07) is 5.08. The molecule has 0 bridgehead atoms. The molecule has 0 radical (unpaired) electrons. The van der Waals surface area contributed by atoms with Crippen molar-refractivity contribution in [3.05, 3.63) is 50.8 Å². The van der Waals surface area contributed by atoms with Crippen LogP contribution in [0.4, 0.5) is 5.82 Å². The molecule has 7 nitrogen and oxygen atoms in total. The molecule has 1 aromatic carbocycles. The van der Waals surface area contributed by atoms with Crippen molar-refractivity contribution in [2.45, 2.75) is 0 Å². The van der Waals surface area contributed by atoms with E-state index in [-0.39, 0.29) is 33.4 Å². The number of nitrogens with one attached hydrogen (secondary N) is 1. The number of pyridine rings is 1. The van der Waals surface area contributed by atoms with E-state index in [0.29, 0.717) is 0 Å². The van der Waals surface area contributed by atoms with Gasteiger partial charge in [-0.1, -0.05) is 11.6 Å². The molecule has 106 valence electrons. The molecule has 4 N–H and O–H groups in total. The second kappa shape index (κ2) is 4.35. The van der Waals surface area contributed by atoms with Gasteiger partial charge >= 0.3 is 0 Å². The Morgan fingerprint density at radius 1 is 1.14 bits per heavy atom. The number of amides is 2. The summed E-state index contributed by atoms with van der Waals surface area (Å²) in [7, 11) is 0. The highest BCUT2D eigenvalue weighted by Crippen LogP contribution is 2.29. The molecule has 8 heteroatoms. The molecular weight excluding hydrogens is 298 g/mol. The SMILES string of the molecule is Nc1c2c(cc(=O)n1-c1ccc(Cl)cc1O)C(=O)NC2=O. The Hall–Kier alpha value is -2.80. The molecule has 2 aromatic rings. The van der Waals surface area contributed by atoms with Crippen LogP contribution < -0.4 is 16.6 Å². The van der Waals surface area contributed by atoms with Crippen LogP contribution in [0, 0.1) is 0 Å². The molecular formula is C13H8ClN3O4. The number of carbonyl (C=O) groups excluding carboxylic acids is 2. The lowest BCUT2D eigenvalue weighted by Gasteiger charge is -2.13. The predicted molar refractivity (Wildman–Crippen MR) is 74.9 cm³/mol. The zero-order chi connectivity index (χ0) is 15.3. The van der Waals surface area contributed by atoms with Gasteiger partial charge in [0, 0.05) is 17.2 Å². The van der Waals surface area contributed by atoms with Gasteiger partial charge in [0.2, 0.25) is 0 Å². The maximum absolute atomic E-state index is 12.1. The number of imide groups is 1. The Labute approximate surface area is 122 Å². The molecule has 1 aliphatic rings. The zero-order valence-electron chi connectivity index (χ0n) is 10.4. The number of aromatic nitrogens is 1. The second-order valence-corrected chi connectivity index (χ2v) is 4.84. The van der Waals surface area contributed by atoms with E-state index in [1.807, 2.05) is 0 Å². The van der Waals surface area contributed by atoms with Crippen molar-refractivity contribution < 1.29 is 14.7 Å². The molecule has 3 rings (SSSR count). The third-order valence-corrected chi connectivity index (χ3v) is 3.37. The molecule has 2 amide bonds. The van der Waals surface area contributed by atoms with Gasteiger partial charge in [-0.05, 0) is 12.1 Å². The maximum atomic E-state index is 12.1. The zero-order valence-corrected chi connectivity index (χ0v) is 11.1. The molecule has 0 fully saturated rings. The van der Waals surface area contributed by atoms with Crippen LogP contribution in [0.5, 0.6) is 5.75 Å². The molecule has 1 aliphatic heterocycles. The minimum Gasteiger partial charge on any atom is -0.506 e. The van der Waals surface area contributed by atoms with Crippen LogP contribution in [0.15, 0.2) is 29.1 Å². The summed E-state index contributed by atoms with van der Waals surface area (Å²) in [5, 5.41) is 12.2. The minimum absolute atomic E-state index is 0.0665. The average molecular weight is 306 g/mol. The fraction of sp³-hybridized carbons (Fsp3) is 0. The molecule has 0 saturated heterocycles. The Kier molecular flexibility index (Phi) is 2.74. The molecule has 0 saturated carbocycles. The summed E-state index contributed by atoms with van der Waals surface area (Å²) >= 11 is 5.73. The van der Waals surface area contributed by atoms with Gasteiger partial charge in [0.25, 0.3) is 17.4 Å². The van der Waals surface area contributed by atoms with E-state index in [2.05, 4.69) is 5.32 Å². The number of phenols is 1. The van der Waals surface area contributed by atoms with Crippen LogP contribution in [0.3, 0.4) is 0 Å². The number of nitrogen functional groups attached to an aromatic ring is 1. The largest absolute Gasteiger partial charge is 0.506 e. The van der Waals surface area contributed by atoms with Crippen LogP contribution in [-0.4, -0.2) is 21.5 Å². The van der Waals surface area contributed by atoms with E-state index < -0.39 is 17.4 Å². The highest BCUT2D eigenvalue weighted by atomic mass is 35.5. The third kappa shape index (κ3) is 1.86. The topological polar surface area (TPSA) is 114 Å². The van der Waals surface area contributed by atoms with Crippen molar-refractivity contribution in [2.75, 3.05) is 5.73 Å². The van der Waals surface area contributed by atoms with Crippen molar-refractivity contribution in [1.29, 1.82) is 0 Å². The van der Waals surface area contributed by atoms with Gasteiger partial charge in [-0.3, -0.25) is 24.3 Å². The van der Waals surface area contributed by atoms with Gasteiger partial charge in [0.15, 0.2) is 0 Å².